The molecule has 0 saturated heterocycles. The van der Waals surface area contributed by atoms with Crippen LogP contribution in [0.15, 0.2) is 110 Å². The maximum Gasteiger partial charge on any atom is 0.335 e. The molecular weight excluding hydrogens is 496 g/mol. The maximum absolute atomic E-state index is 11.6. The molecule has 6 aromatic rings. The van der Waals surface area contributed by atoms with Crippen LogP contribution in [0.25, 0.3) is 66.7 Å². The minimum Gasteiger partial charge on any atom is -0.478 e. The van der Waals surface area contributed by atoms with Gasteiger partial charge in [-0.15, -0.1) is 0 Å². The first-order chi connectivity index (χ1) is 19.4. The third-order valence-corrected chi connectivity index (χ3v) is 7.47. The molecule has 6 aromatic carbocycles. The summed E-state index contributed by atoms with van der Waals surface area (Å²) in [5, 5.41) is 25.1. The van der Waals surface area contributed by atoms with Gasteiger partial charge >= 0.3 is 11.9 Å². The second kappa shape index (κ2) is 9.68. The average Bonchev–Trinajstić information content (AvgIpc) is 2.98. The average molecular weight is 521 g/mol. The van der Waals surface area contributed by atoms with Crippen molar-refractivity contribution in [3.8, 4) is 22.3 Å². The van der Waals surface area contributed by atoms with Crippen LogP contribution in [0.4, 0.5) is 0 Å². The fourth-order valence-corrected chi connectivity index (χ4v) is 5.53. The van der Waals surface area contributed by atoms with E-state index in [-0.39, 0.29) is 11.1 Å². The number of hydrogen-bond donors (Lipinski definition) is 2. The number of hydrogen-bond acceptors (Lipinski definition) is 2. The maximum atomic E-state index is 11.6. The highest BCUT2D eigenvalue weighted by Gasteiger charge is 2.19. The molecule has 0 aliphatic rings. The Labute approximate surface area is 230 Å². The SMILES string of the molecule is C=Cc1cc2c(-c3ccc(C(=O)O)cc3)c3cc4ccccc4cc3c(-c3ccc(C(=O)O)cc3)c2cc1C=C. The van der Waals surface area contributed by atoms with E-state index in [9.17, 15) is 19.8 Å². The van der Waals surface area contributed by atoms with E-state index in [1.807, 2.05) is 36.4 Å². The summed E-state index contributed by atoms with van der Waals surface area (Å²) in [5.74, 6) is -1.95. The van der Waals surface area contributed by atoms with Crippen molar-refractivity contribution in [2.24, 2.45) is 0 Å². The van der Waals surface area contributed by atoms with Crippen molar-refractivity contribution in [1.29, 1.82) is 0 Å². The zero-order valence-electron chi connectivity index (χ0n) is 21.5. The molecule has 0 saturated carbocycles. The molecule has 0 fully saturated rings. The van der Waals surface area contributed by atoms with Gasteiger partial charge in [0.25, 0.3) is 0 Å². The Morgan fingerprint density at radius 1 is 0.525 bits per heavy atom. The smallest absolute Gasteiger partial charge is 0.335 e. The summed E-state index contributed by atoms with van der Waals surface area (Å²) < 4.78 is 0. The lowest BCUT2D eigenvalue weighted by Crippen LogP contribution is -1.97. The minimum atomic E-state index is -0.975. The molecule has 40 heavy (non-hydrogen) atoms. The van der Waals surface area contributed by atoms with Crippen molar-refractivity contribution in [2.75, 3.05) is 0 Å². The number of aromatic carboxylic acids is 2. The van der Waals surface area contributed by atoms with Crippen LogP contribution in [-0.2, 0) is 0 Å². The van der Waals surface area contributed by atoms with Crippen molar-refractivity contribution in [3.05, 3.63) is 132 Å². The second-order valence-corrected chi connectivity index (χ2v) is 9.69. The molecule has 0 bridgehead atoms. The lowest BCUT2D eigenvalue weighted by atomic mass is 9.83. The molecule has 0 atom stereocenters. The Morgan fingerprint density at radius 3 is 1.20 bits per heavy atom. The summed E-state index contributed by atoms with van der Waals surface area (Å²) in [6.07, 6.45) is 3.61. The van der Waals surface area contributed by atoms with Crippen LogP contribution in [0, 0.1) is 0 Å². The summed E-state index contributed by atoms with van der Waals surface area (Å²) >= 11 is 0. The van der Waals surface area contributed by atoms with Crippen molar-refractivity contribution in [1.82, 2.24) is 0 Å². The molecule has 192 valence electrons. The molecule has 0 aliphatic heterocycles. The van der Waals surface area contributed by atoms with E-state index < -0.39 is 11.9 Å². The molecule has 2 N–H and O–H groups in total. The van der Waals surface area contributed by atoms with Gasteiger partial charge in [-0.1, -0.05) is 73.8 Å². The van der Waals surface area contributed by atoms with Crippen LogP contribution in [0.3, 0.4) is 0 Å². The molecule has 4 heteroatoms. The highest BCUT2D eigenvalue weighted by atomic mass is 16.4. The van der Waals surface area contributed by atoms with Gasteiger partial charge in [0.2, 0.25) is 0 Å². The zero-order chi connectivity index (χ0) is 28.0. The minimum absolute atomic E-state index is 0.221. The van der Waals surface area contributed by atoms with Gasteiger partial charge in [-0.25, -0.2) is 9.59 Å². The summed E-state index contributed by atoms with van der Waals surface area (Å²) in [4.78, 5) is 23.2. The Bertz CT molecular complexity index is 1870. The molecular formula is C36H24O4. The highest BCUT2D eigenvalue weighted by molar-refractivity contribution is 6.24. The Balaban J connectivity index is 1.84. The summed E-state index contributed by atoms with van der Waals surface area (Å²) in [6, 6.07) is 30.6. The van der Waals surface area contributed by atoms with Gasteiger partial charge in [-0.05, 0) is 114 Å². The quantitative estimate of drug-likeness (QED) is 0.215. The van der Waals surface area contributed by atoms with Crippen molar-refractivity contribution in [2.45, 2.75) is 0 Å². The number of carboxylic acid groups (broad SMARTS) is 2. The predicted octanol–water partition coefficient (Wildman–Crippen LogP) is 9.16. The topological polar surface area (TPSA) is 74.6 Å². The molecule has 0 aliphatic carbocycles. The third-order valence-electron chi connectivity index (χ3n) is 7.47. The molecule has 0 radical (unpaired) electrons. The van der Waals surface area contributed by atoms with Crippen molar-refractivity contribution < 1.29 is 19.8 Å². The Kier molecular flexibility index (Phi) is 6.01. The van der Waals surface area contributed by atoms with Crippen LogP contribution in [0.1, 0.15) is 31.8 Å². The summed E-state index contributed by atoms with van der Waals surface area (Å²) in [6.45, 7) is 8.04. The predicted molar refractivity (Wildman–Crippen MR) is 164 cm³/mol. The van der Waals surface area contributed by atoms with E-state index in [1.54, 1.807) is 36.4 Å². The first kappa shape index (κ1) is 24.8. The Morgan fingerprint density at radius 2 is 0.875 bits per heavy atom. The fourth-order valence-electron chi connectivity index (χ4n) is 5.53. The number of rotatable bonds is 6. The first-order valence-corrected chi connectivity index (χ1v) is 12.8. The van der Waals surface area contributed by atoms with E-state index in [0.29, 0.717) is 0 Å². The molecule has 0 aromatic heterocycles. The van der Waals surface area contributed by atoms with Gasteiger partial charge < -0.3 is 10.2 Å². The van der Waals surface area contributed by atoms with Crippen molar-refractivity contribution in [3.63, 3.8) is 0 Å². The van der Waals surface area contributed by atoms with E-state index in [2.05, 4.69) is 49.6 Å². The lowest BCUT2D eigenvalue weighted by molar-refractivity contribution is 0.0686. The zero-order valence-corrected chi connectivity index (χ0v) is 21.5. The van der Waals surface area contributed by atoms with Crippen LogP contribution in [0.5, 0.6) is 0 Å². The molecule has 6 rings (SSSR count). The number of carbonyl (C=O) groups is 2. The van der Waals surface area contributed by atoms with Crippen LogP contribution < -0.4 is 0 Å². The standard InChI is InChI=1S/C36H24O4/c1-3-21-17-29-30(18-22(21)4-2)34(24-11-15-26(16-12-24)36(39)40)32-20-28-8-6-5-7-27(28)19-31(32)33(29)23-9-13-25(14-10-23)35(37)38/h3-20H,1-2H2,(H,37,38)(H,39,40). The molecule has 0 spiro atoms. The molecule has 4 nitrogen and oxygen atoms in total. The van der Waals surface area contributed by atoms with E-state index in [1.165, 1.54) is 0 Å². The number of fused-ring (bicyclic) bond motifs is 3. The van der Waals surface area contributed by atoms with Crippen LogP contribution in [0.2, 0.25) is 0 Å². The van der Waals surface area contributed by atoms with E-state index in [0.717, 1.165) is 65.7 Å². The summed E-state index contributed by atoms with van der Waals surface area (Å²) in [7, 11) is 0. The second-order valence-electron chi connectivity index (χ2n) is 9.69. The van der Waals surface area contributed by atoms with Crippen molar-refractivity contribution >= 4 is 56.4 Å². The largest absolute Gasteiger partial charge is 0.478 e. The number of carboxylic acids is 2. The third kappa shape index (κ3) is 4.03. The van der Waals surface area contributed by atoms with Gasteiger partial charge in [0, 0.05) is 0 Å². The molecule has 0 unspecified atom stereocenters. The summed E-state index contributed by atoms with van der Waals surface area (Å²) in [5.41, 5.74) is 6.05. The normalized spacial score (nSPS) is 11.1. The molecule has 0 heterocycles. The fraction of sp³-hybridized carbons (Fsp3) is 0. The van der Waals surface area contributed by atoms with Gasteiger partial charge in [0.15, 0.2) is 0 Å². The molecule has 0 amide bonds. The lowest BCUT2D eigenvalue weighted by Gasteiger charge is -2.20. The van der Waals surface area contributed by atoms with Gasteiger partial charge in [-0.2, -0.15) is 0 Å². The monoisotopic (exact) mass is 520 g/mol. The van der Waals surface area contributed by atoms with Crippen LogP contribution >= 0.6 is 0 Å². The van der Waals surface area contributed by atoms with Gasteiger partial charge in [0.1, 0.15) is 0 Å². The van der Waals surface area contributed by atoms with E-state index in [4.69, 9.17) is 0 Å². The Hall–Kier alpha value is -5.48. The first-order valence-electron chi connectivity index (χ1n) is 12.8. The highest BCUT2D eigenvalue weighted by Crippen LogP contribution is 2.46. The van der Waals surface area contributed by atoms with E-state index >= 15 is 0 Å². The van der Waals surface area contributed by atoms with Crippen LogP contribution in [-0.4, -0.2) is 22.2 Å². The van der Waals surface area contributed by atoms with Gasteiger partial charge in [0.05, 0.1) is 11.1 Å². The van der Waals surface area contributed by atoms with Gasteiger partial charge in [-0.3, -0.25) is 0 Å². The number of benzene rings is 6.